The molecule has 2 heterocycles. The highest BCUT2D eigenvalue weighted by Gasteiger charge is 2.26. The van der Waals surface area contributed by atoms with Gasteiger partial charge in [0.2, 0.25) is 0 Å². The number of rotatable bonds is 2. The molecule has 0 amide bonds. The normalized spacial score (nSPS) is 22.0. The molecule has 1 aliphatic heterocycles. The van der Waals surface area contributed by atoms with E-state index >= 15 is 0 Å². The third-order valence-electron chi connectivity index (χ3n) is 4.42. The summed E-state index contributed by atoms with van der Waals surface area (Å²) in [6.07, 6.45) is 5.57. The van der Waals surface area contributed by atoms with E-state index in [1.807, 2.05) is 12.1 Å². The van der Waals surface area contributed by atoms with Crippen molar-refractivity contribution in [2.75, 3.05) is 42.5 Å². The van der Waals surface area contributed by atoms with Crippen molar-refractivity contribution in [2.45, 2.75) is 31.7 Å². The van der Waals surface area contributed by atoms with Crippen LogP contribution in [0.3, 0.4) is 0 Å². The lowest BCUT2D eigenvalue weighted by molar-refractivity contribution is 0.187. The van der Waals surface area contributed by atoms with Crippen LogP contribution in [0.4, 0.5) is 17.3 Å². The quantitative estimate of drug-likeness (QED) is 0.840. The van der Waals surface area contributed by atoms with Crippen molar-refractivity contribution >= 4 is 17.3 Å². The van der Waals surface area contributed by atoms with E-state index in [4.69, 9.17) is 11.5 Å². The van der Waals surface area contributed by atoms with Gasteiger partial charge in [-0.05, 0) is 25.0 Å². The summed E-state index contributed by atoms with van der Waals surface area (Å²) in [5.74, 6) is 1.40. The van der Waals surface area contributed by atoms with Crippen LogP contribution in [-0.2, 0) is 0 Å². The van der Waals surface area contributed by atoms with Crippen molar-refractivity contribution in [3.63, 3.8) is 0 Å². The minimum absolute atomic E-state index is 0.440. The van der Waals surface area contributed by atoms with Crippen LogP contribution in [-0.4, -0.2) is 42.1 Å². The second-order valence-electron chi connectivity index (χ2n) is 5.61. The van der Waals surface area contributed by atoms with Gasteiger partial charge in [0.1, 0.15) is 11.6 Å². The van der Waals surface area contributed by atoms with E-state index < -0.39 is 0 Å². The standard InChI is InChI=1S/C14H23N5/c15-12-5-6-13(17-14(12)16)19-9-7-18(8-10-19)11-3-1-2-4-11/h5-6,11H,1-4,7-10,15H2,(H2,16,17). The number of pyridine rings is 1. The van der Waals surface area contributed by atoms with Gasteiger partial charge in [0, 0.05) is 32.2 Å². The molecule has 1 aromatic heterocycles. The number of aromatic nitrogens is 1. The van der Waals surface area contributed by atoms with E-state index in [-0.39, 0.29) is 0 Å². The van der Waals surface area contributed by atoms with E-state index in [0.717, 1.165) is 38.0 Å². The molecule has 1 saturated carbocycles. The van der Waals surface area contributed by atoms with Crippen molar-refractivity contribution in [3.8, 4) is 0 Å². The number of hydrogen-bond donors (Lipinski definition) is 2. The Morgan fingerprint density at radius 2 is 1.68 bits per heavy atom. The summed E-state index contributed by atoms with van der Waals surface area (Å²) in [5, 5.41) is 0. The Morgan fingerprint density at radius 1 is 1.00 bits per heavy atom. The van der Waals surface area contributed by atoms with Crippen molar-refractivity contribution in [1.82, 2.24) is 9.88 Å². The van der Waals surface area contributed by atoms with Crippen molar-refractivity contribution < 1.29 is 0 Å². The van der Waals surface area contributed by atoms with Gasteiger partial charge in [-0.2, -0.15) is 0 Å². The van der Waals surface area contributed by atoms with Crippen molar-refractivity contribution in [3.05, 3.63) is 12.1 Å². The third kappa shape index (κ3) is 2.61. The molecule has 1 aliphatic carbocycles. The van der Waals surface area contributed by atoms with Gasteiger partial charge in [-0.25, -0.2) is 4.98 Å². The van der Waals surface area contributed by atoms with Gasteiger partial charge in [-0.1, -0.05) is 12.8 Å². The molecule has 0 unspecified atom stereocenters. The molecule has 5 nitrogen and oxygen atoms in total. The van der Waals surface area contributed by atoms with E-state index in [1.165, 1.54) is 25.7 Å². The minimum atomic E-state index is 0.440. The second kappa shape index (κ2) is 5.25. The summed E-state index contributed by atoms with van der Waals surface area (Å²) in [6.45, 7) is 4.34. The average Bonchev–Trinajstić information content (AvgIpc) is 2.96. The number of nitrogen functional groups attached to an aromatic ring is 2. The molecule has 0 bridgehead atoms. The van der Waals surface area contributed by atoms with Crippen LogP contribution < -0.4 is 16.4 Å². The van der Waals surface area contributed by atoms with E-state index in [1.54, 1.807) is 0 Å². The maximum Gasteiger partial charge on any atom is 0.149 e. The molecular weight excluding hydrogens is 238 g/mol. The number of hydrogen-bond acceptors (Lipinski definition) is 5. The van der Waals surface area contributed by atoms with Crippen LogP contribution >= 0.6 is 0 Å². The molecule has 0 aromatic carbocycles. The number of nitrogens with two attached hydrogens (primary N) is 2. The van der Waals surface area contributed by atoms with Gasteiger partial charge in [-0.3, -0.25) is 4.90 Å². The van der Waals surface area contributed by atoms with E-state index in [2.05, 4.69) is 14.8 Å². The first-order valence-electron chi connectivity index (χ1n) is 7.25. The maximum atomic E-state index is 5.78. The Morgan fingerprint density at radius 3 is 2.32 bits per heavy atom. The monoisotopic (exact) mass is 261 g/mol. The Hall–Kier alpha value is -1.49. The van der Waals surface area contributed by atoms with Gasteiger partial charge in [-0.15, -0.1) is 0 Å². The van der Waals surface area contributed by atoms with Crippen LogP contribution in [0.1, 0.15) is 25.7 Å². The zero-order chi connectivity index (χ0) is 13.2. The SMILES string of the molecule is Nc1ccc(N2CCN(C3CCCC3)CC2)nc1N. The fourth-order valence-corrected chi connectivity index (χ4v) is 3.24. The zero-order valence-electron chi connectivity index (χ0n) is 11.4. The van der Waals surface area contributed by atoms with Gasteiger partial charge in [0.25, 0.3) is 0 Å². The lowest BCUT2D eigenvalue weighted by Crippen LogP contribution is -2.50. The molecule has 0 atom stereocenters. The molecule has 1 saturated heterocycles. The topological polar surface area (TPSA) is 71.4 Å². The van der Waals surface area contributed by atoms with E-state index in [9.17, 15) is 0 Å². The summed E-state index contributed by atoms with van der Waals surface area (Å²) < 4.78 is 0. The summed E-state index contributed by atoms with van der Waals surface area (Å²) in [6, 6.07) is 4.64. The lowest BCUT2D eigenvalue weighted by atomic mass is 10.2. The minimum Gasteiger partial charge on any atom is -0.396 e. The number of nitrogens with zero attached hydrogens (tertiary/aromatic N) is 3. The van der Waals surface area contributed by atoms with Crippen molar-refractivity contribution in [2.24, 2.45) is 0 Å². The Labute approximate surface area is 114 Å². The Kier molecular flexibility index (Phi) is 3.46. The molecule has 1 aromatic rings. The number of piperazine rings is 1. The summed E-state index contributed by atoms with van der Waals surface area (Å²) >= 11 is 0. The van der Waals surface area contributed by atoms with Crippen LogP contribution in [0.5, 0.6) is 0 Å². The predicted octanol–water partition coefficient (Wildman–Crippen LogP) is 1.31. The van der Waals surface area contributed by atoms with Crippen LogP contribution in [0.2, 0.25) is 0 Å². The molecule has 104 valence electrons. The first-order valence-corrected chi connectivity index (χ1v) is 7.25. The van der Waals surface area contributed by atoms with Crippen LogP contribution in [0, 0.1) is 0 Å². The molecule has 3 rings (SSSR count). The highest BCUT2D eigenvalue weighted by molar-refractivity contribution is 5.62. The molecule has 5 heteroatoms. The molecule has 2 fully saturated rings. The molecule has 2 aliphatic rings. The van der Waals surface area contributed by atoms with E-state index in [0.29, 0.717) is 11.5 Å². The Bertz CT molecular complexity index is 433. The van der Waals surface area contributed by atoms with Gasteiger partial charge in [0.15, 0.2) is 0 Å². The lowest BCUT2D eigenvalue weighted by Gasteiger charge is -2.38. The fourth-order valence-electron chi connectivity index (χ4n) is 3.24. The zero-order valence-corrected chi connectivity index (χ0v) is 11.4. The van der Waals surface area contributed by atoms with Crippen LogP contribution in [0.25, 0.3) is 0 Å². The van der Waals surface area contributed by atoms with Crippen LogP contribution in [0.15, 0.2) is 12.1 Å². The summed E-state index contributed by atoms with van der Waals surface area (Å²) in [7, 11) is 0. The first-order chi connectivity index (χ1) is 9.24. The predicted molar refractivity (Wildman–Crippen MR) is 79.1 cm³/mol. The molecule has 4 N–H and O–H groups in total. The number of anilines is 3. The summed E-state index contributed by atoms with van der Waals surface area (Å²) in [5.41, 5.74) is 12.1. The smallest absolute Gasteiger partial charge is 0.149 e. The molecule has 0 radical (unpaired) electrons. The molecule has 19 heavy (non-hydrogen) atoms. The van der Waals surface area contributed by atoms with Gasteiger partial charge < -0.3 is 16.4 Å². The molecular formula is C14H23N5. The van der Waals surface area contributed by atoms with Gasteiger partial charge in [0.05, 0.1) is 5.69 Å². The third-order valence-corrected chi connectivity index (χ3v) is 4.42. The second-order valence-corrected chi connectivity index (χ2v) is 5.61. The first kappa shape index (κ1) is 12.5. The average molecular weight is 261 g/mol. The summed E-state index contributed by atoms with van der Waals surface area (Å²) in [4.78, 5) is 9.33. The van der Waals surface area contributed by atoms with Gasteiger partial charge >= 0.3 is 0 Å². The largest absolute Gasteiger partial charge is 0.396 e. The highest BCUT2D eigenvalue weighted by atomic mass is 15.3. The fraction of sp³-hybridized carbons (Fsp3) is 0.643. The maximum absolute atomic E-state index is 5.78. The van der Waals surface area contributed by atoms with Crippen molar-refractivity contribution in [1.29, 1.82) is 0 Å². The Balaban J connectivity index is 1.61. The highest BCUT2D eigenvalue weighted by Crippen LogP contribution is 2.25. The molecule has 0 spiro atoms.